The molecule has 0 fully saturated rings. The fraction of sp³-hybridized carbons (Fsp3) is 0.667. The van der Waals surface area contributed by atoms with Crippen LogP contribution in [-0.4, -0.2) is 23.4 Å². The average molecular weight is 211 g/mol. The molecule has 0 bridgehead atoms. The first-order chi connectivity index (χ1) is 7.06. The van der Waals surface area contributed by atoms with Crippen molar-refractivity contribution >= 4 is 0 Å². The van der Waals surface area contributed by atoms with Gasteiger partial charge in [-0.05, 0) is 31.3 Å². The molecule has 15 heavy (non-hydrogen) atoms. The van der Waals surface area contributed by atoms with Crippen LogP contribution in [-0.2, 0) is 0 Å². The monoisotopic (exact) mass is 211 g/mol. The minimum atomic E-state index is -0.115. The zero-order chi connectivity index (χ0) is 11.5. The molecule has 0 aromatic carbocycles. The second-order valence-electron chi connectivity index (χ2n) is 4.47. The zero-order valence-electron chi connectivity index (χ0n) is 9.53. The van der Waals surface area contributed by atoms with E-state index in [2.05, 4.69) is 13.8 Å². The molecule has 1 aliphatic carbocycles. The van der Waals surface area contributed by atoms with Crippen molar-refractivity contribution < 1.29 is 10.2 Å². The van der Waals surface area contributed by atoms with E-state index in [1.165, 1.54) is 5.57 Å². The second-order valence-corrected chi connectivity index (χ2v) is 4.47. The summed E-state index contributed by atoms with van der Waals surface area (Å²) in [5.41, 5.74) is 7.88. The van der Waals surface area contributed by atoms with Gasteiger partial charge in [-0.15, -0.1) is 0 Å². The molecule has 4 N–H and O–H groups in total. The number of nitrogens with two attached hydrogens (primary N) is 1. The summed E-state index contributed by atoms with van der Waals surface area (Å²) in [4.78, 5) is 0. The second kappa shape index (κ2) is 4.81. The van der Waals surface area contributed by atoms with Crippen molar-refractivity contribution in [2.24, 2.45) is 17.1 Å². The number of rotatable bonds is 4. The highest BCUT2D eigenvalue weighted by Gasteiger charge is 2.37. The minimum absolute atomic E-state index is 0.115. The smallest absolute Gasteiger partial charge is 0.0439 e. The van der Waals surface area contributed by atoms with E-state index in [4.69, 9.17) is 15.9 Å². The molecule has 0 amide bonds. The van der Waals surface area contributed by atoms with Crippen molar-refractivity contribution in [3.63, 3.8) is 0 Å². The molecule has 2 unspecified atom stereocenters. The van der Waals surface area contributed by atoms with Crippen molar-refractivity contribution in [1.29, 1.82) is 0 Å². The number of allylic oxidation sites excluding steroid dienone is 4. The van der Waals surface area contributed by atoms with Gasteiger partial charge in [0.15, 0.2) is 0 Å². The Labute approximate surface area is 91.3 Å². The van der Waals surface area contributed by atoms with Gasteiger partial charge < -0.3 is 15.9 Å². The average Bonchev–Trinajstić information content (AvgIpc) is 2.20. The van der Waals surface area contributed by atoms with E-state index in [1.54, 1.807) is 0 Å². The highest BCUT2D eigenvalue weighted by atomic mass is 16.3. The van der Waals surface area contributed by atoms with Crippen LogP contribution in [0.25, 0.3) is 0 Å². The van der Waals surface area contributed by atoms with Gasteiger partial charge in [0.25, 0.3) is 0 Å². The number of hydrogen-bond donors (Lipinski definition) is 3. The molecule has 3 heteroatoms. The van der Waals surface area contributed by atoms with E-state index in [-0.39, 0.29) is 24.5 Å². The molecular formula is C12H21NO2. The summed E-state index contributed by atoms with van der Waals surface area (Å²) in [5, 5.41) is 18.2. The Bertz CT molecular complexity index is 283. The summed E-state index contributed by atoms with van der Waals surface area (Å²) in [5.74, 6) is 0.139. The Hall–Kier alpha value is -0.800. The summed E-state index contributed by atoms with van der Waals surface area (Å²) in [6, 6.07) is 0. The van der Waals surface area contributed by atoms with Gasteiger partial charge in [-0.2, -0.15) is 0 Å². The van der Waals surface area contributed by atoms with Gasteiger partial charge in [0.1, 0.15) is 0 Å². The largest absolute Gasteiger partial charge is 0.402 e. The van der Waals surface area contributed by atoms with Gasteiger partial charge in [-0.3, -0.25) is 0 Å². The third kappa shape index (κ3) is 2.24. The molecule has 0 spiro atoms. The highest BCUT2D eigenvalue weighted by Crippen LogP contribution is 2.45. The summed E-state index contributed by atoms with van der Waals surface area (Å²) in [7, 11) is 0. The highest BCUT2D eigenvalue weighted by molar-refractivity contribution is 5.30. The van der Waals surface area contributed by atoms with Crippen LogP contribution in [0, 0.1) is 11.3 Å². The minimum Gasteiger partial charge on any atom is -0.402 e. The molecule has 0 saturated heterocycles. The molecule has 0 heterocycles. The molecule has 0 saturated carbocycles. The third-order valence-corrected chi connectivity index (χ3v) is 3.65. The van der Waals surface area contributed by atoms with Gasteiger partial charge in [0.2, 0.25) is 0 Å². The zero-order valence-corrected chi connectivity index (χ0v) is 9.53. The molecule has 86 valence electrons. The third-order valence-electron chi connectivity index (χ3n) is 3.65. The summed E-state index contributed by atoms with van der Waals surface area (Å²) in [6.07, 6.45) is 5.27. The van der Waals surface area contributed by atoms with Gasteiger partial charge in [0, 0.05) is 24.8 Å². The normalized spacial score (nSPS) is 31.1. The first-order valence-corrected chi connectivity index (χ1v) is 5.42. The van der Waals surface area contributed by atoms with Crippen LogP contribution in [0.1, 0.15) is 26.7 Å². The maximum Gasteiger partial charge on any atom is 0.0439 e. The van der Waals surface area contributed by atoms with Gasteiger partial charge in [-0.25, -0.2) is 0 Å². The predicted octanol–water partition coefficient (Wildman–Crippen LogP) is 1.18. The fourth-order valence-electron chi connectivity index (χ4n) is 2.39. The Kier molecular flexibility index (Phi) is 3.94. The molecule has 0 aliphatic heterocycles. The van der Waals surface area contributed by atoms with E-state index in [0.717, 1.165) is 5.70 Å². The quantitative estimate of drug-likeness (QED) is 0.654. The maximum atomic E-state index is 9.12. The van der Waals surface area contributed by atoms with Crippen molar-refractivity contribution in [1.82, 2.24) is 0 Å². The fourth-order valence-corrected chi connectivity index (χ4v) is 2.39. The topological polar surface area (TPSA) is 66.5 Å². The summed E-state index contributed by atoms with van der Waals surface area (Å²) in [6.45, 7) is 4.45. The van der Waals surface area contributed by atoms with E-state index >= 15 is 0 Å². The van der Waals surface area contributed by atoms with Crippen LogP contribution < -0.4 is 5.73 Å². The molecule has 0 aromatic heterocycles. The Morgan fingerprint density at radius 3 is 2.53 bits per heavy atom. The Morgan fingerprint density at radius 1 is 1.33 bits per heavy atom. The first kappa shape index (κ1) is 12.3. The van der Waals surface area contributed by atoms with Crippen LogP contribution in [0.5, 0.6) is 0 Å². The van der Waals surface area contributed by atoms with Crippen LogP contribution in [0.15, 0.2) is 23.4 Å². The number of aliphatic hydroxyl groups is 2. The van der Waals surface area contributed by atoms with E-state index in [1.807, 2.05) is 12.2 Å². The Balaban J connectivity index is 2.98. The van der Waals surface area contributed by atoms with Crippen LogP contribution in [0.2, 0.25) is 0 Å². The molecule has 1 aliphatic rings. The van der Waals surface area contributed by atoms with Gasteiger partial charge in [0.05, 0.1) is 0 Å². The SMILES string of the molecule is CC1=CC=C(N)C(CCO)C1(C)CCO. The standard InChI is InChI=1S/C12H21NO2/c1-9-3-4-11(13)10(5-7-14)12(9,2)6-8-15/h3-4,10,14-15H,5-8,13H2,1-2H3. The van der Waals surface area contributed by atoms with E-state index < -0.39 is 0 Å². The van der Waals surface area contributed by atoms with Crippen molar-refractivity contribution in [2.75, 3.05) is 13.2 Å². The first-order valence-electron chi connectivity index (χ1n) is 5.42. The van der Waals surface area contributed by atoms with Crippen molar-refractivity contribution in [3.05, 3.63) is 23.4 Å². The molecule has 0 aromatic rings. The number of hydrogen-bond acceptors (Lipinski definition) is 3. The number of aliphatic hydroxyl groups excluding tert-OH is 2. The molecule has 2 atom stereocenters. The van der Waals surface area contributed by atoms with Gasteiger partial charge >= 0.3 is 0 Å². The summed E-state index contributed by atoms with van der Waals surface area (Å²) < 4.78 is 0. The lowest BCUT2D eigenvalue weighted by molar-refractivity contribution is 0.149. The van der Waals surface area contributed by atoms with Gasteiger partial charge in [-0.1, -0.05) is 18.6 Å². The molecule has 3 nitrogen and oxygen atoms in total. The van der Waals surface area contributed by atoms with E-state index in [0.29, 0.717) is 12.8 Å². The maximum absolute atomic E-state index is 9.12. The van der Waals surface area contributed by atoms with Crippen LogP contribution in [0.4, 0.5) is 0 Å². The van der Waals surface area contributed by atoms with Crippen LogP contribution in [0.3, 0.4) is 0 Å². The lowest BCUT2D eigenvalue weighted by atomic mass is 9.65. The lowest BCUT2D eigenvalue weighted by Crippen LogP contribution is -2.36. The molecular weight excluding hydrogens is 190 g/mol. The lowest BCUT2D eigenvalue weighted by Gasteiger charge is -2.41. The Morgan fingerprint density at radius 2 is 2.00 bits per heavy atom. The van der Waals surface area contributed by atoms with Crippen molar-refractivity contribution in [3.8, 4) is 0 Å². The molecule has 0 radical (unpaired) electrons. The molecule has 1 rings (SSSR count). The predicted molar refractivity (Wildman–Crippen MR) is 61.0 cm³/mol. The van der Waals surface area contributed by atoms with E-state index in [9.17, 15) is 0 Å². The van der Waals surface area contributed by atoms with Crippen molar-refractivity contribution in [2.45, 2.75) is 26.7 Å². The summed E-state index contributed by atoms with van der Waals surface area (Å²) >= 11 is 0. The van der Waals surface area contributed by atoms with Crippen LogP contribution >= 0.6 is 0 Å².